The molecule has 0 aliphatic heterocycles. The van der Waals surface area contributed by atoms with Gasteiger partial charge in [-0.05, 0) is 44.5 Å². The van der Waals surface area contributed by atoms with Crippen LogP contribution in [-0.4, -0.2) is 36.8 Å². The minimum Gasteiger partial charge on any atom is -0.495 e. The lowest BCUT2D eigenvalue weighted by Gasteiger charge is -2.12. The number of aryl methyl sites for hydroxylation is 3. The minimum absolute atomic E-state index is 0.0114. The molecule has 3 rings (SSSR count). The summed E-state index contributed by atoms with van der Waals surface area (Å²) in [6.45, 7) is 5.50. The van der Waals surface area contributed by atoms with Crippen molar-refractivity contribution >= 4 is 33.0 Å². The predicted molar refractivity (Wildman–Crippen MR) is 117 cm³/mol. The van der Waals surface area contributed by atoms with E-state index >= 15 is 0 Å². The van der Waals surface area contributed by atoms with Crippen LogP contribution >= 0.6 is 22.9 Å². The van der Waals surface area contributed by atoms with Crippen LogP contribution in [0.25, 0.3) is 10.6 Å². The van der Waals surface area contributed by atoms with Gasteiger partial charge in [0.05, 0.1) is 39.2 Å². The van der Waals surface area contributed by atoms with Gasteiger partial charge in [-0.2, -0.15) is 5.10 Å². The molecule has 160 valence electrons. The Balaban J connectivity index is 1.78. The smallest absolute Gasteiger partial charge is 0.266 e. The highest BCUT2D eigenvalue weighted by Gasteiger charge is 2.19. The van der Waals surface area contributed by atoms with Gasteiger partial charge in [0.1, 0.15) is 11.4 Å². The van der Waals surface area contributed by atoms with Crippen molar-refractivity contribution < 1.29 is 13.2 Å². The fourth-order valence-electron chi connectivity index (χ4n) is 2.95. The summed E-state index contributed by atoms with van der Waals surface area (Å²) in [7, 11) is -2.37. The summed E-state index contributed by atoms with van der Waals surface area (Å²) in [6, 6.07) is 5.97. The highest BCUT2D eigenvalue weighted by atomic mass is 35.5. The Labute approximate surface area is 183 Å². The molecule has 1 aromatic carbocycles. The molecule has 2 heterocycles. The molecule has 2 aromatic heterocycles. The second-order valence-electron chi connectivity index (χ2n) is 6.58. The molecule has 30 heavy (non-hydrogen) atoms. The van der Waals surface area contributed by atoms with Gasteiger partial charge in [0.15, 0.2) is 0 Å². The number of aromatic nitrogens is 3. The average molecular weight is 469 g/mol. The number of methoxy groups -OCH3 is 1. The van der Waals surface area contributed by atoms with E-state index in [1.54, 1.807) is 19.1 Å². The second kappa shape index (κ2) is 8.84. The van der Waals surface area contributed by atoms with Gasteiger partial charge in [0, 0.05) is 12.6 Å². The summed E-state index contributed by atoms with van der Waals surface area (Å²) in [5.41, 5.74) is 1.64. The number of nitrogens with one attached hydrogen (secondary N) is 1. The molecule has 0 saturated carbocycles. The van der Waals surface area contributed by atoms with E-state index in [2.05, 4.69) is 14.8 Å². The number of benzene rings is 1. The molecule has 3 aromatic rings. The first-order chi connectivity index (χ1) is 14.1. The summed E-state index contributed by atoms with van der Waals surface area (Å²) in [4.78, 5) is 17.5. The maximum atomic E-state index is 12.7. The predicted octanol–water partition coefficient (Wildman–Crippen LogP) is 2.93. The fraction of sp³-hybridized carbons (Fsp3) is 0.316. The Hall–Kier alpha value is -2.27. The topological polar surface area (TPSA) is 103 Å². The molecule has 0 saturated heterocycles. The number of sulfonamides is 1. The van der Waals surface area contributed by atoms with Crippen molar-refractivity contribution in [1.82, 2.24) is 19.5 Å². The Morgan fingerprint density at radius 3 is 2.60 bits per heavy atom. The number of hydrogen-bond acceptors (Lipinski definition) is 7. The highest BCUT2D eigenvalue weighted by Crippen LogP contribution is 2.30. The normalized spacial score (nSPS) is 11.6. The maximum absolute atomic E-state index is 12.7. The van der Waals surface area contributed by atoms with Gasteiger partial charge in [-0.1, -0.05) is 11.6 Å². The van der Waals surface area contributed by atoms with Crippen molar-refractivity contribution in [1.29, 1.82) is 0 Å². The zero-order valence-corrected chi connectivity index (χ0v) is 19.3. The zero-order chi connectivity index (χ0) is 22.1. The van der Waals surface area contributed by atoms with Crippen molar-refractivity contribution in [2.75, 3.05) is 13.7 Å². The fourth-order valence-corrected chi connectivity index (χ4v) is 5.41. The van der Waals surface area contributed by atoms with Crippen LogP contribution in [0.3, 0.4) is 0 Å². The molecule has 0 aliphatic rings. The molecule has 1 N–H and O–H groups in total. The zero-order valence-electron chi connectivity index (χ0n) is 16.9. The molecular formula is C19H21ClN4O4S2. The molecule has 0 amide bonds. The van der Waals surface area contributed by atoms with Gasteiger partial charge >= 0.3 is 0 Å². The Kier molecular flexibility index (Phi) is 6.61. The lowest BCUT2D eigenvalue weighted by Crippen LogP contribution is -2.32. The number of thiazole rings is 1. The van der Waals surface area contributed by atoms with E-state index in [4.69, 9.17) is 16.3 Å². The standard InChI is InChI=1S/C19H21ClN4O4S2/c1-11-9-16(28-4)14(20)10-17(11)30(26,27)21-7-8-24-18(25)6-5-15(23-24)19-12(2)22-13(3)29-19/h5-6,9-10,21H,7-8H2,1-4H3. The summed E-state index contributed by atoms with van der Waals surface area (Å²) in [5.74, 6) is 0.397. The van der Waals surface area contributed by atoms with Crippen LogP contribution in [-0.2, 0) is 16.6 Å². The largest absolute Gasteiger partial charge is 0.495 e. The van der Waals surface area contributed by atoms with Gasteiger partial charge < -0.3 is 4.74 Å². The molecule has 0 fully saturated rings. The van der Waals surface area contributed by atoms with Crippen molar-refractivity contribution in [2.45, 2.75) is 32.2 Å². The third kappa shape index (κ3) is 4.72. The van der Waals surface area contributed by atoms with Crippen LogP contribution in [0.15, 0.2) is 34.0 Å². The van der Waals surface area contributed by atoms with E-state index in [1.165, 1.54) is 35.3 Å². The molecule has 0 atom stereocenters. The Morgan fingerprint density at radius 1 is 1.23 bits per heavy atom. The average Bonchev–Trinajstić information content (AvgIpc) is 3.02. The number of hydrogen-bond donors (Lipinski definition) is 1. The lowest BCUT2D eigenvalue weighted by atomic mass is 10.2. The highest BCUT2D eigenvalue weighted by molar-refractivity contribution is 7.89. The summed E-state index contributed by atoms with van der Waals surface area (Å²) >= 11 is 7.56. The second-order valence-corrected chi connectivity index (χ2v) is 9.92. The maximum Gasteiger partial charge on any atom is 0.266 e. The van der Waals surface area contributed by atoms with Crippen molar-refractivity contribution in [3.63, 3.8) is 0 Å². The lowest BCUT2D eigenvalue weighted by molar-refractivity contribution is 0.414. The monoisotopic (exact) mass is 468 g/mol. The van der Waals surface area contributed by atoms with Gasteiger partial charge in [-0.25, -0.2) is 22.8 Å². The summed E-state index contributed by atoms with van der Waals surface area (Å²) < 4.78 is 34.2. The van der Waals surface area contributed by atoms with E-state index in [1.807, 2.05) is 13.8 Å². The molecule has 0 bridgehead atoms. The number of nitrogens with zero attached hydrogens (tertiary/aromatic N) is 3. The number of halogens is 1. The van der Waals surface area contributed by atoms with E-state index in [0.717, 1.165) is 15.6 Å². The van der Waals surface area contributed by atoms with Crippen molar-refractivity contribution in [2.24, 2.45) is 0 Å². The van der Waals surface area contributed by atoms with Gasteiger partial charge in [-0.3, -0.25) is 4.79 Å². The van der Waals surface area contributed by atoms with Crippen LogP contribution < -0.4 is 15.0 Å². The summed E-state index contributed by atoms with van der Waals surface area (Å²) in [5, 5.41) is 5.47. The van der Waals surface area contributed by atoms with Crippen LogP contribution in [0.5, 0.6) is 5.75 Å². The van der Waals surface area contributed by atoms with Crippen LogP contribution in [0.2, 0.25) is 5.02 Å². The van der Waals surface area contributed by atoms with Gasteiger partial charge in [0.25, 0.3) is 5.56 Å². The van der Waals surface area contributed by atoms with E-state index in [0.29, 0.717) is 17.0 Å². The number of rotatable bonds is 7. The first-order valence-electron chi connectivity index (χ1n) is 8.98. The van der Waals surface area contributed by atoms with Crippen LogP contribution in [0, 0.1) is 20.8 Å². The molecule has 8 nitrogen and oxygen atoms in total. The Morgan fingerprint density at radius 2 is 1.97 bits per heavy atom. The minimum atomic E-state index is -3.83. The van der Waals surface area contributed by atoms with Crippen LogP contribution in [0.1, 0.15) is 16.3 Å². The third-order valence-electron chi connectivity index (χ3n) is 4.36. The van der Waals surface area contributed by atoms with Gasteiger partial charge in [0.2, 0.25) is 10.0 Å². The van der Waals surface area contributed by atoms with E-state index in [-0.39, 0.29) is 28.6 Å². The molecule has 0 radical (unpaired) electrons. The Bertz CT molecular complexity index is 1250. The quantitative estimate of drug-likeness (QED) is 0.571. The van der Waals surface area contributed by atoms with Crippen molar-refractivity contribution in [3.05, 3.63) is 55.9 Å². The first kappa shape index (κ1) is 22.4. The molecule has 0 spiro atoms. The molecule has 11 heteroatoms. The molecule has 0 aliphatic carbocycles. The molecule has 0 unspecified atom stereocenters. The summed E-state index contributed by atoms with van der Waals surface area (Å²) in [6.07, 6.45) is 0. The van der Waals surface area contributed by atoms with E-state index < -0.39 is 10.0 Å². The number of ether oxygens (including phenoxy) is 1. The molecular weight excluding hydrogens is 448 g/mol. The SMILES string of the molecule is COc1cc(C)c(S(=O)(=O)NCCn2nc(-c3sc(C)nc3C)ccc2=O)cc1Cl. The van der Waals surface area contributed by atoms with E-state index in [9.17, 15) is 13.2 Å². The third-order valence-corrected chi connectivity index (χ3v) is 7.35. The first-order valence-corrected chi connectivity index (χ1v) is 11.7. The van der Waals surface area contributed by atoms with Crippen LogP contribution in [0.4, 0.5) is 0 Å². The van der Waals surface area contributed by atoms with Gasteiger partial charge in [-0.15, -0.1) is 11.3 Å². The van der Waals surface area contributed by atoms with Crippen molar-refractivity contribution in [3.8, 4) is 16.3 Å².